The second-order valence-electron chi connectivity index (χ2n) is 9.77. The van der Waals surface area contributed by atoms with Crippen LogP contribution in [0.2, 0.25) is 0 Å². The van der Waals surface area contributed by atoms with Crippen molar-refractivity contribution in [2.24, 2.45) is 11.3 Å². The minimum atomic E-state index is -3.66. The predicted molar refractivity (Wildman–Crippen MR) is 150 cm³/mol. The number of allylic oxidation sites excluding steroid dienone is 2. The Labute approximate surface area is 224 Å². The summed E-state index contributed by atoms with van der Waals surface area (Å²) in [6.07, 6.45) is 14.4. The van der Waals surface area contributed by atoms with Crippen LogP contribution in [-0.4, -0.2) is 51.7 Å². The van der Waals surface area contributed by atoms with Crippen molar-refractivity contribution < 1.29 is 23.0 Å². The Kier molecular flexibility index (Phi) is 12.6. The number of nitrogens with zero attached hydrogens (tertiary/aromatic N) is 1. The van der Waals surface area contributed by atoms with Gasteiger partial charge in [0.1, 0.15) is 11.5 Å². The number of rotatable bonds is 18. The summed E-state index contributed by atoms with van der Waals surface area (Å²) in [6, 6.07) is 6.99. The Hall–Kier alpha value is -2.35. The number of sulfonamides is 1. The minimum Gasteiger partial charge on any atom is -0.501 e. The number of methoxy groups -OCH3 is 2. The molecule has 0 aromatic heterocycles. The van der Waals surface area contributed by atoms with Gasteiger partial charge in [0.05, 0.1) is 31.6 Å². The van der Waals surface area contributed by atoms with Crippen LogP contribution in [-0.2, 0) is 19.5 Å². The van der Waals surface area contributed by atoms with Gasteiger partial charge in [-0.1, -0.05) is 36.3 Å². The Bertz CT molecular complexity index is 1000. The van der Waals surface area contributed by atoms with E-state index < -0.39 is 15.4 Å². The van der Waals surface area contributed by atoms with Gasteiger partial charge in [0.2, 0.25) is 10.0 Å². The largest absolute Gasteiger partial charge is 0.501 e. The van der Waals surface area contributed by atoms with Gasteiger partial charge < -0.3 is 14.6 Å². The molecular formula is C30H45NO5S. The summed E-state index contributed by atoms with van der Waals surface area (Å²) in [5.41, 5.74) is 0.451. The molecule has 0 amide bonds. The summed E-state index contributed by atoms with van der Waals surface area (Å²) >= 11 is 0. The van der Waals surface area contributed by atoms with E-state index in [0.29, 0.717) is 35.9 Å². The Balaban J connectivity index is 2.27. The third-order valence-corrected chi connectivity index (χ3v) is 8.92. The zero-order valence-corrected chi connectivity index (χ0v) is 23.6. The first-order valence-corrected chi connectivity index (χ1v) is 14.6. The molecule has 0 heterocycles. The zero-order chi connectivity index (χ0) is 27.3. The zero-order valence-electron chi connectivity index (χ0n) is 22.8. The summed E-state index contributed by atoms with van der Waals surface area (Å²) < 4.78 is 40.3. The molecule has 1 aromatic carbocycles. The highest BCUT2D eigenvalue weighted by Crippen LogP contribution is 2.41. The monoisotopic (exact) mass is 531 g/mol. The first-order chi connectivity index (χ1) is 17.8. The van der Waals surface area contributed by atoms with Crippen LogP contribution in [0.5, 0.6) is 0 Å². The first-order valence-electron chi connectivity index (χ1n) is 13.2. The Morgan fingerprint density at radius 1 is 0.946 bits per heavy atom. The van der Waals surface area contributed by atoms with Gasteiger partial charge in [0.15, 0.2) is 0 Å². The molecular weight excluding hydrogens is 486 g/mol. The lowest BCUT2D eigenvalue weighted by Crippen LogP contribution is -2.35. The van der Waals surface area contributed by atoms with E-state index in [1.807, 2.05) is 43.4 Å². The lowest BCUT2D eigenvalue weighted by atomic mass is 9.76. The summed E-state index contributed by atoms with van der Waals surface area (Å²) in [6.45, 7) is 10.2. The van der Waals surface area contributed by atoms with Gasteiger partial charge in [-0.25, -0.2) is 8.42 Å². The maximum Gasteiger partial charge on any atom is 0.243 e. The topological polar surface area (TPSA) is 76.1 Å². The van der Waals surface area contributed by atoms with Gasteiger partial charge in [-0.15, -0.1) is 13.2 Å². The first kappa shape index (κ1) is 30.9. The van der Waals surface area contributed by atoms with Crippen molar-refractivity contribution in [3.63, 3.8) is 0 Å². The lowest BCUT2D eigenvalue weighted by Gasteiger charge is -2.35. The van der Waals surface area contributed by atoms with E-state index in [9.17, 15) is 13.5 Å². The molecule has 1 N–H and O–H groups in total. The molecule has 7 heteroatoms. The highest BCUT2D eigenvalue weighted by atomic mass is 32.2. The molecule has 1 aromatic rings. The van der Waals surface area contributed by atoms with Gasteiger partial charge in [-0.2, -0.15) is 4.31 Å². The lowest BCUT2D eigenvalue weighted by molar-refractivity contribution is 0.138. The Morgan fingerprint density at radius 2 is 1.51 bits per heavy atom. The van der Waals surface area contributed by atoms with Crippen molar-refractivity contribution >= 4 is 10.0 Å². The third kappa shape index (κ3) is 8.59. The number of ether oxygens (including phenoxy) is 2. The summed E-state index contributed by atoms with van der Waals surface area (Å²) in [5.74, 6) is 1.18. The average molecular weight is 532 g/mol. The van der Waals surface area contributed by atoms with Crippen molar-refractivity contribution in [1.82, 2.24) is 4.31 Å². The molecule has 0 radical (unpaired) electrons. The van der Waals surface area contributed by atoms with Gasteiger partial charge in [0.25, 0.3) is 0 Å². The molecule has 0 bridgehead atoms. The molecule has 0 spiro atoms. The van der Waals surface area contributed by atoms with E-state index in [2.05, 4.69) is 13.2 Å². The molecule has 0 aliphatic heterocycles. The van der Waals surface area contributed by atoms with Crippen molar-refractivity contribution in [2.45, 2.75) is 63.2 Å². The Morgan fingerprint density at radius 3 is 2.03 bits per heavy atom. The molecule has 0 unspecified atom stereocenters. The highest BCUT2D eigenvalue weighted by molar-refractivity contribution is 7.89. The number of aliphatic hydroxyl groups is 1. The van der Waals surface area contributed by atoms with Crippen molar-refractivity contribution in [3.05, 3.63) is 78.8 Å². The standard InChI is InChI=1S/C30H45NO5S/c1-6-8-10-12-19-30(24-32)22-28(35-4)27(29(23-30)36-5)18-21-31(20-13-11-9-7-2)37(33,34)26-16-14-25(3)15-17-26/h6-7,14-17,22-23,27,32H,1-2,8-13,18-21,24H2,3-5H3. The van der Waals surface area contributed by atoms with Crippen LogP contribution in [0.25, 0.3) is 0 Å². The van der Waals surface area contributed by atoms with Crippen LogP contribution in [0, 0.1) is 18.3 Å². The number of hydrogen-bond acceptors (Lipinski definition) is 5. The molecule has 206 valence electrons. The average Bonchev–Trinajstić information content (AvgIpc) is 2.90. The number of hydrogen-bond donors (Lipinski definition) is 1. The van der Waals surface area contributed by atoms with Crippen LogP contribution in [0.3, 0.4) is 0 Å². The van der Waals surface area contributed by atoms with E-state index in [-0.39, 0.29) is 12.5 Å². The van der Waals surface area contributed by atoms with Gasteiger partial charge in [0, 0.05) is 18.5 Å². The molecule has 1 aliphatic carbocycles. The summed E-state index contributed by atoms with van der Waals surface area (Å²) in [7, 11) is -0.424. The number of aliphatic hydroxyl groups excluding tert-OH is 1. The quantitative estimate of drug-likeness (QED) is 0.182. The molecule has 2 rings (SSSR count). The summed E-state index contributed by atoms with van der Waals surface area (Å²) in [4.78, 5) is 0.300. The van der Waals surface area contributed by atoms with E-state index in [0.717, 1.165) is 50.5 Å². The van der Waals surface area contributed by atoms with E-state index >= 15 is 0 Å². The smallest absolute Gasteiger partial charge is 0.243 e. The molecule has 37 heavy (non-hydrogen) atoms. The number of aryl methyl sites for hydroxylation is 1. The molecule has 0 atom stereocenters. The fourth-order valence-corrected chi connectivity index (χ4v) is 6.25. The molecule has 0 fully saturated rings. The maximum absolute atomic E-state index is 13.6. The maximum atomic E-state index is 13.6. The third-order valence-electron chi connectivity index (χ3n) is 7.00. The number of unbranched alkanes of at least 4 members (excludes halogenated alkanes) is 4. The highest BCUT2D eigenvalue weighted by Gasteiger charge is 2.36. The number of benzene rings is 1. The predicted octanol–water partition coefficient (Wildman–Crippen LogP) is 6.15. The normalized spacial score (nSPS) is 19.8. The van der Waals surface area contributed by atoms with Crippen molar-refractivity contribution in [1.29, 1.82) is 0 Å². The van der Waals surface area contributed by atoms with Crippen LogP contribution < -0.4 is 0 Å². The summed E-state index contributed by atoms with van der Waals surface area (Å²) in [5, 5.41) is 10.3. The second kappa shape index (κ2) is 15.2. The van der Waals surface area contributed by atoms with Crippen LogP contribution in [0.4, 0.5) is 0 Å². The van der Waals surface area contributed by atoms with Crippen LogP contribution in [0.15, 0.2) is 78.1 Å². The van der Waals surface area contributed by atoms with E-state index in [4.69, 9.17) is 9.47 Å². The molecule has 0 saturated heterocycles. The minimum absolute atomic E-state index is 0.0508. The van der Waals surface area contributed by atoms with Crippen LogP contribution in [0.1, 0.15) is 56.9 Å². The van der Waals surface area contributed by atoms with E-state index in [1.54, 1.807) is 30.7 Å². The van der Waals surface area contributed by atoms with Crippen LogP contribution >= 0.6 is 0 Å². The van der Waals surface area contributed by atoms with Gasteiger partial charge >= 0.3 is 0 Å². The van der Waals surface area contributed by atoms with E-state index in [1.165, 1.54) is 0 Å². The molecule has 6 nitrogen and oxygen atoms in total. The molecule has 1 aliphatic rings. The van der Waals surface area contributed by atoms with Gasteiger partial charge in [-0.05, 0) is 76.2 Å². The van der Waals surface area contributed by atoms with Gasteiger partial charge in [-0.3, -0.25) is 0 Å². The molecule has 0 saturated carbocycles. The van der Waals surface area contributed by atoms with Crippen molar-refractivity contribution in [2.75, 3.05) is 33.9 Å². The fraction of sp³-hybridized carbons (Fsp3) is 0.533. The fourth-order valence-electron chi connectivity index (χ4n) is 4.76. The van der Waals surface area contributed by atoms with Crippen molar-refractivity contribution in [3.8, 4) is 0 Å². The second-order valence-corrected chi connectivity index (χ2v) is 11.7. The SMILES string of the molecule is C=CCCCCN(CCC1C(OC)=CC(CO)(CCCCC=C)C=C1OC)S(=O)(=O)c1ccc(C)cc1.